The molecule has 1 aliphatic rings. The van der Waals surface area contributed by atoms with Gasteiger partial charge in [0.1, 0.15) is 0 Å². The summed E-state index contributed by atoms with van der Waals surface area (Å²) in [5.41, 5.74) is 0.372. The van der Waals surface area contributed by atoms with Gasteiger partial charge in [0.25, 0.3) is 5.69 Å². The van der Waals surface area contributed by atoms with Crippen molar-refractivity contribution >= 4 is 34.6 Å². The Kier molecular flexibility index (Phi) is 5.07. The predicted octanol–water partition coefficient (Wildman–Crippen LogP) is 3.86. The van der Waals surface area contributed by atoms with Crippen LogP contribution in [0.4, 0.5) is 11.4 Å². The van der Waals surface area contributed by atoms with E-state index in [1.165, 1.54) is 12.1 Å². The van der Waals surface area contributed by atoms with Crippen LogP contribution in [0.5, 0.6) is 0 Å². The number of aliphatic hydroxyl groups is 1. The van der Waals surface area contributed by atoms with Gasteiger partial charge in [0.05, 0.1) is 20.7 Å². The SMILES string of the molecule is O=[N+]([O-])c1cc(Cl)c(NC2CCCCC2CO)c(Cl)c1. The molecule has 2 rings (SSSR count). The third-order valence-electron chi connectivity index (χ3n) is 3.71. The van der Waals surface area contributed by atoms with Gasteiger partial charge in [-0.05, 0) is 12.8 Å². The normalized spacial score (nSPS) is 22.6. The van der Waals surface area contributed by atoms with Crippen LogP contribution in [-0.2, 0) is 0 Å². The number of rotatable bonds is 4. The van der Waals surface area contributed by atoms with E-state index in [-0.39, 0.29) is 34.3 Å². The third-order valence-corrected chi connectivity index (χ3v) is 4.31. The van der Waals surface area contributed by atoms with Crippen molar-refractivity contribution in [2.45, 2.75) is 31.7 Å². The zero-order chi connectivity index (χ0) is 14.7. The molecule has 20 heavy (non-hydrogen) atoms. The number of aliphatic hydroxyl groups excluding tert-OH is 1. The zero-order valence-corrected chi connectivity index (χ0v) is 12.3. The number of nitrogens with one attached hydrogen (secondary N) is 1. The van der Waals surface area contributed by atoms with Gasteiger partial charge in [-0.3, -0.25) is 10.1 Å². The molecular weight excluding hydrogens is 303 g/mol. The lowest BCUT2D eigenvalue weighted by Crippen LogP contribution is -2.34. The number of halogens is 2. The Bertz CT molecular complexity index is 487. The molecule has 1 fully saturated rings. The summed E-state index contributed by atoms with van der Waals surface area (Å²) in [6.45, 7) is 0.111. The molecule has 110 valence electrons. The molecular formula is C13H16Cl2N2O3. The number of nitrogens with zero attached hydrogens (tertiary/aromatic N) is 1. The number of hydrogen-bond donors (Lipinski definition) is 2. The van der Waals surface area contributed by atoms with E-state index in [1.54, 1.807) is 0 Å². The van der Waals surface area contributed by atoms with Gasteiger partial charge in [-0.25, -0.2) is 0 Å². The lowest BCUT2D eigenvalue weighted by atomic mass is 9.85. The third kappa shape index (κ3) is 3.34. The van der Waals surface area contributed by atoms with Crippen molar-refractivity contribution in [2.75, 3.05) is 11.9 Å². The smallest absolute Gasteiger partial charge is 0.272 e. The first kappa shape index (κ1) is 15.4. The van der Waals surface area contributed by atoms with Gasteiger partial charge in [-0.2, -0.15) is 0 Å². The van der Waals surface area contributed by atoms with Crippen LogP contribution in [0.15, 0.2) is 12.1 Å². The van der Waals surface area contributed by atoms with Crippen LogP contribution in [0.1, 0.15) is 25.7 Å². The van der Waals surface area contributed by atoms with Crippen molar-refractivity contribution in [2.24, 2.45) is 5.92 Å². The summed E-state index contributed by atoms with van der Waals surface area (Å²) >= 11 is 12.1. The van der Waals surface area contributed by atoms with Gasteiger partial charge in [-0.15, -0.1) is 0 Å². The fraction of sp³-hybridized carbons (Fsp3) is 0.538. The van der Waals surface area contributed by atoms with Gasteiger partial charge in [0, 0.05) is 30.7 Å². The highest BCUT2D eigenvalue weighted by Gasteiger charge is 2.26. The summed E-state index contributed by atoms with van der Waals surface area (Å²) in [6, 6.07) is 2.66. The van der Waals surface area contributed by atoms with Gasteiger partial charge in [0.2, 0.25) is 0 Å². The minimum absolute atomic E-state index is 0.0882. The minimum atomic E-state index is -0.529. The maximum Gasteiger partial charge on any atom is 0.272 e. The molecule has 1 saturated carbocycles. The molecule has 0 bridgehead atoms. The van der Waals surface area contributed by atoms with E-state index in [0.29, 0.717) is 5.69 Å². The monoisotopic (exact) mass is 318 g/mol. The fourth-order valence-electron chi connectivity index (χ4n) is 2.60. The first-order chi connectivity index (χ1) is 9.52. The second kappa shape index (κ2) is 6.61. The van der Waals surface area contributed by atoms with Crippen LogP contribution in [0.25, 0.3) is 0 Å². The Morgan fingerprint density at radius 2 is 1.90 bits per heavy atom. The molecule has 0 saturated heterocycles. The number of anilines is 1. The summed E-state index contributed by atoms with van der Waals surface area (Å²) in [5.74, 6) is 0.158. The molecule has 0 radical (unpaired) electrons. The summed E-state index contributed by atoms with van der Waals surface area (Å²) in [4.78, 5) is 10.2. The molecule has 2 unspecified atom stereocenters. The topological polar surface area (TPSA) is 75.4 Å². The number of nitro benzene ring substituents is 1. The molecule has 1 aromatic rings. The maximum absolute atomic E-state index is 10.7. The van der Waals surface area contributed by atoms with E-state index in [4.69, 9.17) is 23.2 Å². The van der Waals surface area contributed by atoms with E-state index in [0.717, 1.165) is 25.7 Å². The number of non-ortho nitro benzene ring substituents is 1. The highest BCUT2D eigenvalue weighted by Crippen LogP contribution is 2.37. The van der Waals surface area contributed by atoms with Gasteiger partial charge >= 0.3 is 0 Å². The first-order valence-electron chi connectivity index (χ1n) is 6.53. The second-order valence-corrected chi connectivity index (χ2v) is 5.83. The summed E-state index contributed by atoms with van der Waals surface area (Å²) in [7, 11) is 0. The Balaban J connectivity index is 2.22. The Morgan fingerprint density at radius 3 is 2.45 bits per heavy atom. The van der Waals surface area contributed by atoms with Crippen molar-refractivity contribution in [3.8, 4) is 0 Å². The lowest BCUT2D eigenvalue weighted by Gasteiger charge is -2.32. The van der Waals surface area contributed by atoms with Gasteiger partial charge in [0.15, 0.2) is 0 Å². The molecule has 1 aliphatic carbocycles. The van der Waals surface area contributed by atoms with E-state index in [2.05, 4.69) is 5.32 Å². The molecule has 1 aromatic carbocycles. The quantitative estimate of drug-likeness (QED) is 0.652. The average Bonchev–Trinajstić information content (AvgIpc) is 2.42. The maximum atomic E-state index is 10.7. The average molecular weight is 319 g/mol. The summed E-state index contributed by atoms with van der Waals surface area (Å²) in [5, 5.41) is 23.8. The summed E-state index contributed by atoms with van der Waals surface area (Å²) in [6.07, 6.45) is 4.06. The number of hydrogen-bond acceptors (Lipinski definition) is 4. The van der Waals surface area contributed by atoms with Crippen LogP contribution >= 0.6 is 23.2 Å². The van der Waals surface area contributed by atoms with Crippen LogP contribution in [-0.4, -0.2) is 22.7 Å². The highest BCUT2D eigenvalue weighted by molar-refractivity contribution is 6.39. The van der Waals surface area contributed by atoms with Crippen molar-refractivity contribution in [1.82, 2.24) is 0 Å². The van der Waals surface area contributed by atoms with E-state index < -0.39 is 4.92 Å². The van der Waals surface area contributed by atoms with Crippen molar-refractivity contribution in [1.29, 1.82) is 0 Å². The van der Waals surface area contributed by atoms with Gasteiger partial charge in [-0.1, -0.05) is 36.0 Å². The number of nitro groups is 1. The molecule has 2 atom stereocenters. The van der Waals surface area contributed by atoms with E-state index in [1.807, 2.05) is 0 Å². The molecule has 7 heteroatoms. The lowest BCUT2D eigenvalue weighted by molar-refractivity contribution is -0.384. The Hall–Kier alpha value is -1.04. The minimum Gasteiger partial charge on any atom is -0.396 e. The van der Waals surface area contributed by atoms with Crippen LogP contribution in [0.2, 0.25) is 10.0 Å². The fourth-order valence-corrected chi connectivity index (χ4v) is 3.19. The molecule has 0 amide bonds. The first-order valence-corrected chi connectivity index (χ1v) is 7.29. The van der Waals surface area contributed by atoms with E-state index in [9.17, 15) is 15.2 Å². The molecule has 0 aliphatic heterocycles. The molecule has 0 spiro atoms. The molecule has 5 nitrogen and oxygen atoms in total. The molecule has 2 N–H and O–H groups in total. The van der Waals surface area contributed by atoms with Crippen molar-refractivity contribution in [3.63, 3.8) is 0 Å². The van der Waals surface area contributed by atoms with Crippen LogP contribution in [0, 0.1) is 16.0 Å². The Morgan fingerprint density at radius 1 is 1.30 bits per heavy atom. The van der Waals surface area contributed by atoms with Crippen LogP contribution < -0.4 is 5.32 Å². The number of benzene rings is 1. The highest BCUT2D eigenvalue weighted by atomic mass is 35.5. The largest absolute Gasteiger partial charge is 0.396 e. The second-order valence-electron chi connectivity index (χ2n) is 5.02. The van der Waals surface area contributed by atoms with Crippen LogP contribution in [0.3, 0.4) is 0 Å². The van der Waals surface area contributed by atoms with Crippen molar-refractivity contribution < 1.29 is 10.0 Å². The molecule has 0 heterocycles. The standard InChI is InChI=1S/C13H16Cl2N2O3/c14-10-5-9(17(19)20)6-11(15)13(10)16-12-4-2-1-3-8(12)7-18/h5-6,8,12,16,18H,1-4,7H2. The zero-order valence-electron chi connectivity index (χ0n) is 10.8. The van der Waals surface area contributed by atoms with Gasteiger partial charge < -0.3 is 10.4 Å². The predicted molar refractivity (Wildman–Crippen MR) is 79.6 cm³/mol. The van der Waals surface area contributed by atoms with Crippen molar-refractivity contribution in [3.05, 3.63) is 32.3 Å². The summed E-state index contributed by atoms with van der Waals surface area (Å²) < 4.78 is 0. The van der Waals surface area contributed by atoms with E-state index >= 15 is 0 Å². The Labute approximate surface area is 127 Å². The molecule has 0 aromatic heterocycles.